The van der Waals surface area contributed by atoms with Crippen molar-refractivity contribution in [1.82, 2.24) is 5.32 Å². The summed E-state index contributed by atoms with van der Waals surface area (Å²) in [5.41, 5.74) is 2.34. The molecule has 0 atom stereocenters. The Balaban J connectivity index is 2.23. The van der Waals surface area contributed by atoms with Gasteiger partial charge in [-0.25, -0.2) is 8.42 Å². The van der Waals surface area contributed by atoms with Crippen LogP contribution in [0.25, 0.3) is 0 Å². The van der Waals surface area contributed by atoms with Gasteiger partial charge in [0.05, 0.1) is 10.6 Å². The van der Waals surface area contributed by atoms with Crippen LogP contribution >= 0.6 is 0 Å². The first-order valence-electron chi connectivity index (χ1n) is 9.35. The topological polar surface area (TPSA) is 75.7 Å². The number of benzene rings is 2. The summed E-state index contributed by atoms with van der Waals surface area (Å²) in [5, 5.41) is 2.76. The fourth-order valence-corrected chi connectivity index (χ4v) is 4.08. The fourth-order valence-electron chi connectivity index (χ4n) is 2.67. The highest BCUT2D eigenvalue weighted by molar-refractivity contribution is 7.92. The van der Waals surface area contributed by atoms with Crippen molar-refractivity contribution in [2.24, 2.45) is 0 Å². The minimum absolute atomic E-state index is 0.156. The summed E-state index contributed by atoms with van der Waals surface area (Å²) in [6.45, 7) is 7.02. The zero-order valence-electron chi connectivity index (χ0n) is 16.6. The number of hydrogen-bond acceptors (Lipinski definition) is 4. The zero-order valence-corrected chi connectivity index (χ0v) is 17.5. The van der Waals surface area contributed by atoms with Crippen molar-refractivity contribution < 1.29 is 17.9 Å². The predicted octanol–water partition coefficient (Wildman–Crippen LogP) is 3.04. The van der Waals surface area contributed by atoms with E-state index in [-0.39, 0.29) is 17.3 Å². The van der Waals surface area contributed by atoms with Gasteiger partial charge in [-0.15, -0.1) is 0 Å². The van der Waals surface area contributed by atoms with E-state index < -0.39 is 10.0 Å². The molecule has 0 aromatic heterocycles. The molecule has 1 N–H and O–H groups in total. The van der Waals surface area contributed by atoms with E-state index in [9.17, 15) is 13.2 Å². The summed E-state index contributed by atoms with van der Waals surface area (Å²) in [4.78, 5) is 12.6. The largest absolute Gasteiger partial charge is 0.382 e. The third-order valence-electron chi connectivity index (χ3n) is 4.18. The van der Waals surface area contributed by atoms with Gasteiger partial charge >= 0.3 is 0 Å². The van der Waals surface area contributed by atoms with Crippen LogP contribution in [-0.2, 0) is 19.6 Å². The summed E-state index contributed by atoms with van der Waals surface area (Å²) in [6.07, 6.45) is 0.675. The summed E-state index contributed by atoms with van der Waals surface area (Å²) in [7, 11) is -3.87. The summed E-state index contributed by atoms with van der Waals surface area (Å²) >= 11 is 0. The number of amides is 1. The average Bonchev–Trinajstić information content (AvgIpc) is 2.66. The smallest absolute Gasteiger partial charge is 0.264 e. The molecule has 0 aliphatic rings. The van der Waals surface area contributed by atoms with Crippen molar-refractivity contribution in [2.75, 3.05) is 30.6 Å². The molecule has 6 nitrogen and oxygen atoms in total. The number of ether oxygens (including phenoxy) is 1. The standard InChI is InChI=1S/C21H28N2O4S/c1-4-27-14-6-13-22-21(24)16-23(19-8-5-7-18(3)15-19)28(25,26)20-11-9-17(2)10-12-20/h5,7-12,15H,4,6,13-14,16H2,1-3H3,(H,22,24). The van der Waals surface area contributed by atoms with Crippen LogP contribution in [-0.4, -0.2) is 40.6 Å². The van der Waals surface area contributed by atoms with Crippen molar-refractivity contribution in [1.29, 1.82) is 0 Å². The van der Waals surface area contributed by atoms with Crippen molar-refractivity contribution in [2.45, 2.75) is 32.1 Å². The highest BCUT2D eigenvalue weighted by atomic mass is 32.2. The number of carbonyl (C=O) groups excluding carboxylic acids is 1. The molecule has 0 fully saturated rings. The molecule has 0 heterocycles. The van der Waals surface area contributed by atoms with Crippen LogP contribution in [0.1, 0.15) is 24.5 Å². The minimum Gasteiger partial charge on any atom is -0.382 e. The number of anilines is 1. The van der Waals surface area contributed by atoms with E-state index in [1.165, 1.54) is 0 Å². The normalized spacial score (nSPS) is 11.2. The molecule has 0 unspecified atom stereocenters. The second kappa shape index (κ2) is 10.2. The van der Waals surface area contributed by atoms with Crippen molar-refractivity contribution >= 4 is 21.6 Å². The number of nitrogens with zero attached hydrogens (tertiary/aromatic N) is 1. The van der Waals surface area contributed by atoms with Crippen LogP contribution < -0.4 is 9.62 Å². The van der Waals surface area contributed by atoms with E-state index in [0.29, 0.717) is 31.9 Å². The van der Waals surface area contributed by atoms with Gasteiger partial charge in [-0.05, 0) is 57.0 Å². The maximum atomic E-state index is 13.2. The Bertz CT molecular complexity index is 880. The minimum atomic E-state index is -3.87. The Labute approximate surface area is 167 Å². The van der Waals surface area contributed by atoms with Crippen LogP contribution in [0.4, 0.5) is 5.69 Å². The molecule has 0 aliphatic heterocycles. The maximum absolute atomic E-state index is 13.2. The first-order chi connectivity index (χ1) is 13.3. The van der Waals surface area contributed by atoms with Gasteiger partial charge < -0.3 is 10.1 Å². The molecule has 0 saturated carbocycles. The van der Waals surface area contributed by atoms with E-state index in [2.05, 4.69) is 5.32 Å². The van der Waals surface area contributed by atoms with Crippen LogP contribution in [0.5, 0.6) is 0 Å². The molecule has 0 spiro atoms. The molecule has 2 aromatic carbocycles. The molecule has 2 rings (SSSR count). The van der Waals surface area contributed by atoms with Crippen molar-refractivity contribution in [3.8, 4) is 0 Å². The van der Waals surface area contributed by atoms with Gasteiger partial charge in [-0.1, -0.05) is 29.8 Å². The molecule has 28 heavy (non-hydrogen) atoms. The van der Waals surface area contributed by atoms with Gasteiger partial charge in [-0.2, -0.15) is 0 Å². The van der Waals surface area contributed by atoms with E-state index in [1.807, 2.05) is 26.8 Å². The molecule has 152 valence electrons. The highest BCUT2D eigenvalue weighted by Crippen LogP contribution is 2.24. The molecular weight excluding hydrogens is 376 g/mol. The van der Waals surface area contributed by atoms with Gasteiger partial charge in [0.15, 0.2) is 0 Å². The monoisotopic (exact) mass is 404 g/mol. The number of hydrogen-bond donors (Lipinski definition) is 1. The SMILES string of the molecule is CCOCCCNC(=O)CN(c1cccc(C)c1)S(=O)(=O)c1ccc(C)cc1. The molecule has 7 heteroatoms. The number of carbonyl (C=O) groups is 1. The Hall–Kier alpha value is -2.38. The van der Waals surface area contributed by atoms with E-state index in [4.69, 9.17) is 4.74 Å². The van der Waals surface area contributed by atoms with Crippen LogP contribution in [0, 0.1) is 13.8 Å². The second-order valence-electron chi connectivity index (χ2n) is 6.56. The molecule has 0 bridgehead atoms. The van der Waals surface area contributed by atoms with E-state index in [1.54, 1.807) is 42.5 Å². The first-order valence-corrected chi connectivity index (χ1v) is 10.8. The third kappa shape index (κ3) is 6.07. The van der Waals surface area contributed by atoms with E-state index in [0.717, 1.165) is 15.4 Å². The Morgan fingerprint density at radius 1 is 1.07 bits per heavy atom. The fraction of sp³-hybridized carbons (Fsp3) is 0.381. The third-order valence-corrected chi connectivity index (χ3v) is 5.97. The predicted molar refractivity (Wildman–Crippen MR) is 111 cm³/mol. The van der Waals surface area contributed by atoms with Gasteiger partial charge in [0.25, 0.3) is 10.0 Å². The number of aryl methyl sites for hydroxylation is 2. The van der Waals surface area contributed by atoms with Gasteiger partial charge in [-0.3, -0.25) is 9.10 Å². The Kier molecular flexibility index (Phi) is 8.02. The van der Waals surface area contributed by atoms with Crippen LogP contribution in [0.15, 0.2) is 53.4 Å². The van der Waals surface area contributed by atoms with Crippen LogP contribution in [0.2, 0.25) is 0 Å². The summed E-state index contributed by atoms with van der Waals surface area (Å²) in [6, 6.07) is 13.7. The summed E-state index contributed by atoms with van der Waals surface area (Å²) in [5.74, 6) is -0.353. The lowest BCUT2D eigenvalue weighted by atomic mass is 10.2. The Morgan fingerprint density at radius 2 is 1.79 bits per heavy atom. The molecular formula is C21H28N2O4S. The number of rotatable bonds is 10. The van der Waals surface area contributed by atoms with Crippen molar-refractivity contribution in [3.05, 3.63) is 59.7 Å². The van der Waals surface area contributed by atoms with Crippen molar-refractivity contribution in [3.63, 3.8) is 0 Å². The molecule has 1 amide bonds. The lowest BCUT2D eigenvalue weighted by Crippen LogP contribution is -2.41. The number of nitrogens with one attached hydrogen (secondary N) is 1. The van der Waals surface area contributed by atoms with E-state index >= 15 is 0 Å². The first kappa shape index (κ1) is 21.9. The zero-order chi connectivity index (χ0) is 20.6. The van der Waals surface area contributed by atoms with Gasteiger partial charge in [0, 0.05) is 19.8 Å². The summed E-state index contributed by atoms with van der Waals surface area (Å²) < 4.78 is 32.9. The number of sulfonamides is 1. The molecule has 0 radical (unpaired) electrons. The molecule has 0 saturated heterocycles. The Morgan fingerprint density at radius 3 is 2.43 bits per heavy atom. The lowest BCUT2D eigenvalue weighted by Gasteiger charge is -2.24. The molecule has 2 aromatic rings. The lowest BCUT2D eigenvalue weighted by molar-refractivity contribution is -0.119. The quantitative estimate of drug-likeness (QED) is 0.618. The second-order valence-corrected chi connectivity index (χ2v) is 8.43. The average molecular weight is 405 g/mol. The maximum Gasteiger partial charge on any atom is 0.264 e. The highest BCUT2D eigenvalue weighted by Gasteiger charge is 2.27. The van der Waals surface area contributed by atoms with Gasteiger partial charge in [0.2, 0.25) is 5.91 Å². The van der Waals surface area contributed by atoms with Crippen LogP contribution in [0.3, 0.4) is 0 Å². The van der Waals surface area contributed by atoms with Gasteiger partial charge in [0.1, 0.15) is 6.54 Å². The molecule has 0 aliphatic carbocycles.